The van der Waals surface area contributed by atoms with E-state index in [4.69, 9.17) is 20.9 Å². The minimum Gasteiger partial charge on any atom is -0.366 e. The molecule has 0 amide bonds. The van der Waals surface area contributed by atoms with Gasteiger partial charge in [-0.05, 0) is 0 Å². The maximum Gasteiger partial charge on any atom is 0.115 e. The smallest absolute Gasteiger partial charge is 0.115 e. The lowest BCUT2D eigenvalue weighted by molar-refractivity contribution is 0.0156. The molecule has 0 radical (unpaired) electrons. The first-order valence-electron chi connectivity index (χ1n) is 3.61. The summed E-state index contributed by atoms with van der Waals surface area (Å²) in [5, 5.41) is 0. The summed E-state index contributed by atoms with van der Waals surface area (Å²) < 4.78 is 10.8. The summed E-state index contributed by atoms with van der Waals surface area (Å²) in [7, 11) is 0. The molecule has 4 heteroatoms. The highest BCUT2D eigenvalue weighted by atomic mass is 16.7. The van der Waals surface area contributed by atoms with Crippen LogP contribution >= 0.6 is 0 Å². The molecule has 4 nitrogen and oxygen atoms in total. The van der Waals surface area contributed by atoms with Crippen LogP contribution in [0.1, 0.15) is 0 Å². The number of nitrogens with two attached hydrogens (primary N) is 2. The fourth-order valence-electron chi connectivity index (χ4n) is 2.06. The second-order valence-corrected chi connectivity index (χ2v) is 3.29. The van der Waals surface area contributed by atoms with E-state index < -0.39 is 0 Å². The zero-order valence-corrected chi connectivity index (χ0v) is 5.44. The Morgan fingerprint density at radius 1 is 0.700 bits per heavy atom. The van der Waals surface area contributed by atoms with Crippen molar-refractivity contribution in [1.82, 2.24) is 0 Å². The van der Waals surface area contributed by atoms with Crippen molar-refractivity contribution in [3.05, 3.63) is 0 Å². The topological polar surface area (TPSA) is 73.8 Å². The molecule has 3 heterocycles. The Kier molecular flexibility index (Phi) is 0.757. The van der Waals surface area contributed by atoms with Crippen molar-refractivity contribution < 1.29 is 9.47 Å². The van der Waals surface area contributed by atoms with E-state index in [1.165, 1.54) is 0 Å². The van der Waals surface area contributed by atoms with Crippen LogP contribution in [-0.2, 0) is 9.47 Å². The third-order valence-corrected chi connectivity index (χ3v) is 2.73. The van der Waals surface area contributed by atoms with Gasteiger partial charge in [-0.1, -0.05) is 0 Å². The summed E-state index contributed by atoms with van der Waals surface area (Å²) in [5.74, 6) is 0. The van der Waals surface area contributed by atoms with Gasteiger partial charge >= 0.3 is 0 Å². The van der Waals surface area contributed by atoms with Crippen LogP contribution in [0.5, 0.6) is 0 Å². The highest BCUT2D eigenvalue weighted by molar-refractivity contribution is 5.18. The average molecular weight is 142 g/mol. The van der Waals surface area contributed by atoms with Crippen molar-refractivity contribution in [2.75, 3.05) is 0 Å². The molecule has 0 spiro atoms. The van der Waals surface area contributed by atoms with Gasteiger partial charge in [-0.25, -0.2) is 0 Å². The normalized spacial score (nSPS) is 70.2. The van der Waals surface area contributed by atoms with Crippen LogP contribution in [0.2, 0.25) is 0 Å². The first kappa shape index (κ1) is 5.49. The highest BCUT2D eigenvalue weighted by Gasteiger charge is 2.67. The number of hydrogen-bond acceptors (Lipinski definition) is 4. The van der Waals surface area contributed by atoms with E-state index in [1.54, 1.807) is 0 Å². The molecular weight excluding hydrogens is 132 g/mol. The summed E-state index contributed by atoms with van der Waals surface area (Å²) >= 11 is 0. The van der Waals surface area contributed by atoms with Crippen molar-refractivity contribution >= 4 is 0 Å². The van der Waals surface area contributed by atoms with Crippen LogP contribution < -0.4 is 11.5 Å². The van der Waals surface area contributed by atoms with E-state index in [9.17, 15) is 0 Å². The standard InChI is InChI=1S/C6H10N2O2/c7-1-2(8)4-6-5(10-6)3(1)9-4/h1-6H,7-8H2/t1-,2-,3-,4-,5-,6+/m0/s1. The molecule has 3 rings (SSSR count). The lowest BCUT2D eigenvalue weighted by Gasteiger charge is -2.16. The van der Waals surface area contributed by atoms with Gasteiger partial charge in [0.15, 0.2) is 0 Å². The van der Waals surface area contributed by atoms with Crippen molar-refractivity contribution in [2.45, 2.75) is 36.5 Å². The second-order valence-electron chi connectivity index (χ2n) is 3.29. The van der Waals surface area contributed by atoms with Gasteiger partial charge in [0.05, 0.1) is 12.1 Å². The maximum absolute atomic E-state index is 5.75. The van der Waals surface area contributed by atoms with Crippen LogP contribution in [0, 0.1) is 0 Å². The van der Waals surface area contributed by atoms with Crippen molar-refractivity contribution in [3.63, 3.8) is 0 Å². The van der Waals surface area contributed by atoms with E-state index in [0.29, 0.717) is 0 Å². The van der Waals surface area contributed by atoms with Crippen LogP contribution in [-0.4, -0.2) is 36.5 Å². The molecule has 3 fully saturated rings. The average Bonchev–Trinajstić information content (AvgIpc) is 2.57. The summed E-state index contributed by atoms with van der Waals surface area (Å²) in [6, 6.07) is -0.0116. The third kappa shape index (κ3) is 0.412. The van der Waals surface area contributed by atoms with Gasteiger partial charge < -0.3 is 20.9 Å². The minimum atomic E-state index is -0.00579. The van der Waals surface area contributed by atoms with Crippen molar-refractivity contribution in [1.29, 1.82) is 0 Å². The minimum absolute atomic E-state index is 0.00579. The van der Waals surface area contributed by atoms with Gasteiger partial charge in [0.1, 0.15) is 24.4 Å². The van der Waals surface area contributed by atoms with E-state index in [2.05, 4.69) is 0 Å². The zero-order valence-electron chi connectivity index (χ0n) is 5.44. The first-order chi connectivity index (χ1) is 4.79. The zero-order chi connectivity index (χ0) is 6.88. The molecule has 6 atom stereocenters. The molecule has 0 saturated carbocycles. The van der Waals surface area contributed by atoms with Gasteiger partial charge in [-0.3, -0.25) is 0 Å². The molecule has 3 aliphatic rings. The highest BCUT2D eigenvalue weighted by Crippen LogP contribution is 2.46. The van der Waals surface area contributed by atoms with Gasteiger partial charge in [0, 0.05) is 0 Å². The maximum atomic E-state index is 5.75. The number of ether oxygens (including phenoxy) is 2. The summed E-state index contributed by atoms with van der Waals surface area (Å²) in [6.45, 7) is 0. The number of epoxide rings is 1. The lowest BCUT2D eigenvalue weighted by atomic mass is 9.92. The summed E-state index contributed by atoms with van der Waals surface area (Å²) in [6.07, 6.45) is 0.731. The summed E-state index contributed by atoms with van der Waals surface area (Å²) in [5.41, 5.74) is 11.5. The fourth-order valence-corrected chi connectivity index (χ4v) is 2.06. The molecule has 3 aliphatic heterocycles. The van der Waals surface area contributed by atoms with Crippen LogP contribution in [0.3, 0.4) is 0 Å². The number of rotatable bonds is 0. The van der Waals surface area contributed by atoms with E-state index in [-0.39, 0.29) is 36.5 Å². The van der Waals surface area contributed by atoms with Crippen LogP contribution in [0.4, 0.5) is 0 Å². The Hall–Kier alpha value is -0.160. The van der Waals surface area contributed by atoms with Crippen molar-refractivity contribution in [3.8, 4) is 0 Å². The molecular formula is C6H10N2O2. The van der Waals surface area contributed by atoms with Crippen LogP contribution in [0.25, 0.3) is 0 Å². The molecule has 0 aromatic heterocycles. The van der Waals surface area contributed by atoms with E-state index >= 15 is 0 Å². The molecule has 2 bridgehead atoms. The first-order valence-corrected chi connectivity index (χ1v) is 3.61. The number of hydrogen-bond donors (Lipinski definition) is 2. The molecule has 0 aliphatic carbocycles. The molecule has 10 heavy (non-hydrogen) atoms. The van der Waals surface area contributed by atoms with Gasteiger partial charge in [-0.2, -0.15) is 0 Å². The molecule has 0 aromatic carbocycles. The quantitative estimate of drug-likeness (QED) is 0.391. The Morgan fingerprint density at radius 2 is 1.10 bits per heavy atom. The lowest BCUT2D eigenvalue weighted by Crippen LogP contribution is -2.52. The van der Waals surface area contributed by atoms with Gasteiger partial charge in [0.25, 0.3) is 0 Å². The largest absolute Gasteiger partial charge is 0.366 e. The Balaban J connectivity index is 1.96. The molecule has 0 aromatic rings. The second kappa shape index (κ2) is 1.38. The van der Waals surface area contributed by atoms with E-state index in [1.807, 2.05) is 0 Å². The monoisotopic (exact) mass is 142 g/mol. The fraction of sp³-hybridized carbons (Fsp3) is 1.00. The predicted octanol–water partition coefficient (Wildman–Crippen LogP) is -1.81. The molecule has 0 unspecified atom stereocenters. The summed E-state index contributed by atoms with van der Waals surface area (Å²) in [4.78, 5) is 0. The molecule has 4 N–H and O–H groups in total. The van der Waals surface area contributed by atoms with Crippen molar-refractivity contribution in [2.24, 2.45) is 11.5 Å². The molecule has 56 valence electrons. The van der Waals surface area contributed by atoms with E-state index in [0.717, 1.165) is 0 Å². The Morgan fingerprint density at radius 3 is 1.50 bits per heavy atom. The predicted molar refractivity (Wildman–Crippen MR) is 33.3 cm³/mol. The molecule has 3 saturated heterocycles. The third-order valence-electron chi connectivity index (χ3n) is 2.73. The SMILES string of the molecule is N[C@H]1[C@H](N)[C@@H]2O[C@@H]1[C@@H]1O[C@@H]12. The van der Waals surface area contributed by atoms with Crippen LogP contribution in [0.15, 0.2) is 0 Å². The van der Waals surface area contributed by atoms with Gasteiger partial charge in [-0.15, -0.1) is 0 Å². The Labute approximate surface area is 58.5 Å². The Bertz CT molecular complexity index is 169. The van der Waals surface area contributed by atoms with Gasteiger partial charge in [0.2, 0.25) is 0 Å². The number of fused-ring (bicyclic) bond motifs is 5.